The van der Waals surface area contributed by atoms with E-state index in [0.29, 0.717) is 5.76 Å². The summed E-state index contributed by atoms with van der Waals surface area (Å²) in [7, 11) is 1.42. The van der Waals surface area contributed by atoms with E-state index in [2.05, 4.69) is 10.5 Å². The Labute approximate surface area is 110 Å². The fraction of sp³-hybridized carbons (Fsp3) is 0.231. The van der Waals surface area contributed by atoms with Crippen LogP contribution >= 0.6 is 0 Å². The van der Waals surface area contributed by atoms with Crippen LogP contribution in [0.3, 0.4) is 0 Å². The highest BCUT2D eigenvalue weighted by molar-refractivity contribution is 5.97. The minimum atomic E-state index is -0.412. The number of carbonyl (C=O) groups is 1. The van der Waals surface area contributed by atoms with Crippen molar-refractivity contribution in [2.24, 2.45) is 0 Å². The molecule has 0 aliphatic heterocycles. The number of ether oxygens (including phenoxy) is 1. The van der Waals surface area contributed by atoms with E-state index in [9.17, 15) is 9.90 Å². The van der Waals surface area contributed by atoms with E-state index < -0.39 is 5.91 Å². The average molecular weight is 262 g/mol. The second kappa shape index (κ2) is 5.43. The Morgan fingerprint density at radius 3 is 2.95 bits per heavy atom. The molecular formula is C13H14N2O4. The van der Waals surface area contributed by atoms with Gasteiger partial charge in [0.2, 0.25) is 0 Å². The Bertz CT molecular complexity index is 592. The fourth-order valence-corrected chi connectivity index (χ4v) is 1.63. The average Bonchev–Trinajstić information content (AvgIpc) is 2.82. The van der Waals surface area contributed by atoms with Crippen molar-refractivity contribution in [3.63, 3.8) is 0 Å². The van der Waals surface area contributed by atoms with Crippen molar-refractivity contribution < 1.29 is 19.2 Å². The Balaban J connectivity index is 2.08. The standard InChI is InChI=1S/C13H14N2O4/c1-8-6-9(19-15-8)7-14-13(17)10-4-3-5-11(18-2)12(10)16/h3-6,16H,7H2,1-2H3,(H,14,17). The van der Waals surface area contributed by atoms with E-state index in [-0.39, 0.29) is 23.6 Å². The first-order chi connectivity index (χ1) is 9.11. The van der Waals surface area contributed by atoms with Gasteiger partial charge >= 0.3 is 0 Å². The summed E-state index contributed by atoms with van der Waals surface area (Å²) >= 11 is 0. The summed E-state index contributed by atoms with van der Waals surface area (Å²) in [6.45, 7) is 2.00. The number of aromatic nitrogens is 1. The van der Waals surface area contributed by atoms with E-state index in [1.54, 1.807) is 25.1 Å². The minimum Gasteiger partial charge on any atom is -0.504 e. The molecule has 0 saturated carbocycles. The largest absolute Gasteiger partial charge is 0.504 e. The van der Waals surface area contributed by atoms with Gasteiger partial charge < -0.3 is 19.7 Å². The lowest BCUT2D eigenvalue weighted by Crippen LogP contribution is -2.22. The molecule has 6 nitrogen and oxygen atoms in total. The second-order valence-corrected chi connectivity index (χ2v) is 3.97. The number of amides is 1. The molecule has 1 aromatic heterocycles. The molecule has 0 saturated heterocycles. The number of rotatable bonds is 4. The molecule has 0 fully saturated rings. The lowest BCUT2D eigenvalue weighted by molar-refractivity contribution is 0.0943. The number of aryl methyl sites for hydroxylation is 1. The number of methoxy groups -OCH3 is 1. The van der Waals surface area contributed by atoms with Gasteiger partial charge in [-0.15, -0.1) is 0 Å². The van der Waals surface area contributed by atoms with Crippen LogP contribution in [0.2, 0.25) is 0 Å². The van der Waals surface area contributed by atoms with E-state index in [0.717, 1.165) is 5.69 Å². The molecule has 0 spiro atoms. The third-order valence-electron chi connectivity index (χ3n) is 2.56. The van der Waals surface area contributed by atoms with E-state index in [1.807, 2.05) is 0 Å². The van der Waals surface area contributed by atoms with Gasteiger partial charge in [0.15, 0.2) is 17.3 Å². The normalized spacial score (nSPS) is 10.2. The van der Waals surface area contributed by atoms with Gasteiger partial charge in [0, 0.05) is 6.07 Å². The second-order valence-electron chi connectivity index (χ2n) is 3.97. The Kier molecular flexibility index (Phi) is 3.70. The molecule has 100 valence electrons. The molecule has 0 aliphatic rings. The van der Waals surface area contributed by atoms with E-state index in [1.165, 1.54) is 13.2 Å². The number of phenolic OH excluding ortho intramolecular Hbond substituents is 1. The van der Waals surface area contributed by atoms with Crippen LogP contribution in [0.4, 0.5) is 0 Å². The maximum Gasteiger partial charge on any atom is 0.255 e. The molecule has 0 aliphatic carbocycles. The van der Waals surface area contributed by atoms with Crippen LogP contribution in [0.5, 0.6) is 11.5 Å². The third kappa shape index (κ3) is 2.85. The van der Waals surface area contributed by atoms with Gasteiger partial charge in [0.1, 0.15) is 0 Å². The fourth-order valence-electron chi connectivity index (χ4n) is 1.63. The van der Waals surface area contributed by atoms with Crippen molar-refractivity contribution in [2.75, 3.05) is 7.11 Å². The predicted molar refractivity (Wildman–Crippen MR) is 67.1 cm³/mol. The molecule has 2 aromatic rings. The number of hydrogen-bond donors (Lipinski definition) is 2. The summed E-state index contributed by atoms with van der Waals surface area (Å²) in [6, 6.07) is 6.45. The number of aromatic hydroxyl groups is 1. The van der Waals surface area contributed by atoms with Crippen molar-refractivity contribution in [3.05, 3.63) is 41.3 Å². The van der Waals surface area contributed by atoms with E-state index in [4.69, 9.17) is 9.26 Å². The molecule has 0 atom stereocenters. The first-order valence-corrected chi connectivity index (χ1v) is 5.68. The first-order valence-electron chi connectivity index (χ1n) is 5.68. The number of benzene rings is 1. The van der Waals surface area contributed by atoms with Gasteiger partial charge in [-0.25, -0.2) is 0 Å². The van der Waals surface area contributed by atoms with Gasteiger partial charge in [0.25, 0.3) is 5.91 Å². The van der Waals surface area contributed by atoms with Crippen molar-refractivity contribution in [2.45, 2.75) is 13.5 Å². The maximum atomic E-state index is 11.9. The summed E-state index contributed by atoms with van der Waals surface area (Å²) in [6.07, 6.45) is 0. The minimum absolute atomic E-state index is 0.149. The van der Waals surface area contributed by atoms with Crippen LogP contribution in [0.25, 0.3) is 0 Å². The number of nitrogens with zero attached hydrogens (tertiary/aromatic N) is 1. The SMILES string of the molecule is COc1cccc(C(=O)NCc2cc(C)no2)c1O. The molecule has 1 heterocycles. The van der Waals surface area contributed by atoms with Gasteiger partial charge in [-0.3, -0.25) is 4.79 Å². The first kappa shape index (κ1) is 12.9. The topological polar surface area (TPSA) is 84.6 Å². The van der Waals surface area contributed by atoms with Crippen LogP contribution in [-0.2, 0) is 6.54 Å². The molecule has 6 heteroatoms. The quantitative estimate of drug-likeness (QED) is 0.874. The third-order valence-corrected chi connectivity index (χ3v) is 2.56. The zero-order valence-corrected chi connectivity index (χ0v) is 10.6. The zero-order chi connectivity index (χ0) is 13.8. The summed E-state index contributed by atoms with van der Waals surface area (Å²) in [5, 5.41) is 16.2. The molecular weight excluding hydrogens is 248 g/mol. The molecule has 0 bridgehead atoms. The molecule has 2 N–H and O–H groups in total. The van der Waals surface area contributed by atoms with Gasteiger partial charge in [-0.05, 0) is 19.1 Å². The molecule has 0 unspecified atom stereocenters. The highest BCUT2D eigenvalue weighted by Gasteiger charge is 2.14. The molecule has 1 amide bonds. The van der Waals surface area contributed by atoms with Gasteiger partial charge in [-0.2, -0.15) is 0 Å². The van der Waals surface area contributed by atoms with E-state index >= 15 is 0 Å². The Morgan fingerprint density at radius 2 is 2.32 bits per heavy atom. The van der Waals surface area contributed by atoms with Gasteiger partial charge in [0.05, 0.1) is 24.9 Å². The summed E-state index contributed by atoms with van der Waals surface area (Å²) in [5.41, 5.74) is 0.893. The number of hydrogen-bond acceptors (Lipinski definition) is 5. The highest BCUT2D eigenvalue weighted by Crippen LogP contribution is 2.29. The van der Waals surface area contributed by atoms with Crippen molar-refractivity contribution in [3.8, 4) is 11.5 Å². The van der Waals surface area contributed by atoms with Crippen LogP contribution in [0, 0.1) is 6.92 Å². The number of phenols is 1. The maximum absolute atomic E-state index is 11.9. The zero-order valence-electron chi connectivity index (χ0n) is 10.6. The number of carbonyl (C=O) groups excluding carboxylic acids is 1. The number of para-hydroxylation sites is 1. The van der Waals surface area contributed by atoms with Crippen LogP contribution in [0.1, 0.15) is 21.8 Å². The summed E-state index contributed by atoms with van der Waals surface area (Å²) in [4.78, 5) is 11.9. The van der Waals surface area contributed by atoms with Crippen LogP contribution < -0.4 is 10.1 Å². The lowest BCUT2D eigenvalue weighted by Gasteiger charge is -2.08. The van der Waals surface area contributed by atoms with Crippen molar-refractivity contribution >= 4 is 5.91 Å². The van der Waals surface area contributed by atoms with Crippen molar-refractivity contribution in [1.82, 2.24) is 10.5 Å². The summed E-state index contributed by atoms with van der Waals surface area (Å²) in [5.74, 6) is 0.207. The smallest absolute Gasteiger partial charge is 0.255 e. The van der Waals surface area contributed by atoms with Crippen LogP contribution in [-0.4, -0.2) is 23.3 Å². The van der Waals surface area contributed by atoms with Gasteiger partial charge in [-0.1, -0.05) is 11.2 Å². The molecule has 0 radical (unpaired) electrons. The predicted octanol–water partition coefficient (Wildman–Crippen LogP) is 1.63. The Morgan fingerprint density at radius 1 is 1.53 bits per heavy atom. The van der Waals surface area contributed by atoms with Crippen molar-refractivity contribution in [1.29, 1.82) is 0 Å². The monoisotopic (exact) mass is 262 g/mol. The molecule has 2 rings (SSSR count). The summed E-state index contributed by atoms with van der Waals surface area (Å²) < 4.78 is 9.92. The lowest BCUT2D eigenvalue weighted by atomic mass is 10.1. The Hall–Kier alpha value is -2.50. The molecule has 1 aromatic carbocycles. The number of nitrogens with one attached hydrogen (secondary N) is 1. The molecule has 19 heavy (non-hydrogen) atoms. The van der Waals surface area contributed by atoms with Crippen LogP contribution in [0.15, 0.2) is 28.8 Å². The highest BCUT2D eigenvalue weighted by atomic mass is 16.5.